The van der Waals surface area contributed by atoms with Crippen LogP contribution in [0.2, 0.25) is 25.7 Å². The van der Waals surface area contributed by atoms with Gasteiger partial charge in [-0.25, -0.2) is 13.7 Å². The van der Waals surface area contributed by atoms with Gasteiger partial charge in [0.1, 0.15) is 0 Å². The lowest BCUT2D eigenvalue weighted by Crippen LogP contribution is -2.36. The van der Waals surface area contributed by atoms with Gasteiger partial charge in [-0.15, -0.1) is 0 Å². The highest BCUT2D eigenvalue weighted by Gasteiger charge is 2.25. The predicted molar refractivity (Wildman–Crippen MR) is 114 cm³/mol. The van der Waals surface area contributed by atoms with E-state index in [4.69, 9.17) is 4.74 Å². The SMILES string of the molecule is CC(C)OC(=O)c1ccc(C(CC[Si](C)(C)C)NS(=O)C(C)(C)C)cc1. The summed E-state index contributed by atoms with van der Waals surface area (Å²) < 4.78 is 20.8. The molecule has 0 fully saturated rings. The lowest BCUT2D eigenvalue weighted by Gasteiger charge is -2.27. The van der Waals surface area contributed by atoms with Crippen molar-refractivity contribution in [2.24, 2.45) is 0 Å². The van der Waals surface area contributed by atoms with Crippen molar-refractivity contribution >= 4 is 25.0 Å². The molecule has 1 rings (SSSR count). The Morgan fingerprint density at radius 1 is 1.15 bits per heavy atom. The smallest absolute Gasteiger partial charge is 0.338 e. The fourth-order valence-corrected chi connectivity index (χ4v) is 4.33. The van der Waals surface area contributed by atoms with Crippen LogP contribution < -0.4 is 4.72 Å². The van der Waals surface area contributed by atoms with Gasteiger partial charge >= 0.3 is 5.97 Å². The zero-order valence-electron chi connectivity index (χ0n) is 17.5. The van der Waals surface area contributed by atoms with E-state index in [9.17, 15) is 9.00 Å². The third-order valence-corrected chi connectivity index (χ3v) is 7.28. The van der Waals surface area contributed by atoms with Gasteiger partial charge in [0.25, 0.3) is 0 Å². The van der Waals surface area contributed by atoms with Gasteiger partial charge in [0.2, 0.25) is 0 Å². The van der Waals surface area contributed by atoms with E-state index < -0.39 is 19.1 Å². The molecular weight excluding hydrogens is 362 g/mol. The van der Waals surface area contributed by atoms with Crippen molar-refractivity contribution in [3.63, 3.8) is 0 Å². The third-order valence-electron chi connectivity index (χ3n) is 3.88. The predicted octanol–water partition coefficient (Wildman–Crippen LogP) is 5.07. The lowest BCUT2D eigenvalue weighted by atomic mass is 10.0. The maximum atomic E-state index is 12.6. The summed E-state index contributed by atoms with van der Waals surface area (Å²) in [6.45, 7) is 16.6. The molecule has 0 amide bonds. The number of esters is 1. The first-order valence-electron chi connectivity index (χ1n) is 9.28. The monoisotopic (exact) mass is 397 g/mol. The summed E-state index contributed by atoms with van der Waals surface area (Å²) in [6, 6.07) is 8.63. The summed E-state index contributed by atoms with van der Waals surface area (Å²) >= 11 is 0. The van der Waals surface area contributed by atoms with E-state index in [2.05, 4.69) is 24.4 Å². The molecule has 0 aliphatic carbocycles. The number of nitrogens with one attached hydrogen (secondary N) is 1. The fourth-order valence-electron chi connectivity index (χ4n) is 2.31. The average Bonchev–Trinajstić information content (AvgIpc) is 2.48. The molecule has 148 valence electrons. The van der Waals surface area contributed by atoms with E-state index in [1.54, 1.807) is 12.1 Å². The number of carbonyl (C=O) groups is 1. The molecule has 0 saturated heterocycles. The molecule has 0 radical (unpaired) electrons. The summed E-state index contributed by atoms with van der Waals surface area (Å²) in [5.41, 5.74) is 1.60. The van der Waals surface area contributed by atoms with Gasteiger partial charge in [-0.1, -0.05) is 37.8 Å². The maximum absolute atomic E-state index is 12.6. The Hall–Kier alpha value is -0.983. The molecule has 1 aromatic rings. The quantitative estimate of drug-likeness (QED) is 0.492. The second-order valence-corrected chi connectivity index (χ2v) is 16.8. The molecule has 0 saturated carbocycles. The molecule has 1 aromatic carbocycles. The van der Waals surface area contributed by atoms with Gasteiger partial charge in [-0.05, 0) is 58.7 Å². The molecule has 0 aliphatic rings. The molecule has 0 heterocycles. The minimum Gasteiger partial charge on any atom is -0.459 e. The summed E-state index contributed by atoms with van der Waals surface area (Å²) in [4.78, 5) is 12.0. The van der Waals surface area contributed by atoms with E-state index in [0.29, 0.717) is 5.56 Å². The molecule has 0 bridgehead atoms. The number of benzene rings is 1. The number of hydrogen-bond acceptors (Lipinski definition) is 3. The number of hydrogen-bond donors (Lipinski definition) is 1. The molecule has 2 atom stereocenters. The number of carbonyl (C=O) groups excluding carboxylic acids is 1. The summed E-state index contributed by atoms with van der Waals surface area (Å²) in [7, 11) is -2.35. The molecular formula is C20H35NO3SSi. The second-order valence-electron chi connectivity index (χ2n) is 9.23. The molecule has 4 nitrogen and oxygen atoms in total. The van der Waals surface area contributed by atoms with Gasteiger partial charge in [-0.2, -0.15) is 0 Å². The largest absolute Gasteiger partial charge is 0.459 e. The van der Waals surface area contributed by atoms with Crippen molar-refractivity contribution in [2.45, 2.75) is 83.6 Å². The molecule has 26 heavy (non-hydrogen) atoms. The Morgan fingerprint density at radius 2 is 1.69 bits per heavy atom. The summed E-state index contributed by atoms with van der Waals surface area (Å²) in [6.07, 6.45) is 0.801. The number of rotatable bonds is 8. The van der Waals surface area contributed by atoms with Gasteiger partial charge < -0.3 is 4.74 Å². The summed E-state index contributed by atoms with van der Waals surface area (Å²) in [5, 5.41) is 0. The molecule has 6 heteroatoms. The van der Waals surface area contributed by atoms with Crippen LogP contribution >= 0.6 is 0 Å². The molecule has 1 N–H and O–H groups in total. The van der Waals surface area contributed by atoms with E-state index in [-0.39, 0.29) is 22.9 Å². The van der Waals surface area contributed by atoms with E-state index in [1.807, 2.05) is 46.8 Å². The number of ether oxygens (including phenoxy) is 1. The van der Waals surface area contributed by atoms with Gasteiger partial charge in [0, 0.05) is 14.1 Å². The zero-order chi connectivity index (χ0) is 20.1. The standard InChI is InChI=1S/C20H35NO3SSi/c1-15(2)24-19(22)17-11-9-16(10-12-17)18(13-14-26(6,7)8)21-25(23)20(3,4)5/h9-12,15,18,21H,13-14H2,1-8H3. The van der Waals surface area contributed by atoms with Crippen LogP contribution in [0, 0.1) is 0 Å². The van der Waals surface area contributed by atoms with Crippen LogP contribution in [0.25, 0.3) is 0 Å². The fraction of sp³-hybridized carbons (Fsp3) is 0.650. The van der Waals surface area contributed by atoms with Crippen LogP contribution in [0.5, 0.6) is 0 Å². The molecule has 0 aromatic heterocycles. The van der Waals surface area contributed by atoms with Crippen molar-refractivity contribution in [2.75, 3.05) is 0 Å². The second kappa shape index (κ2) is 9.29. The average molecular weight is 398 g/mol. The minimum absolute atomic E-state index is 0.0111. The van der Waals surface area contributed by atoms with E-state index in [0.717, 1.165) is 18.0 Å². The maximum Gasteiger partial charge on any atom is 0.338 e. The van der Waals surface area contributed by atoms with Crippen molar-refractivity contribution in [1.82, 2.24) is 4.72 Å². The van der Waals surface area contributed by atoms with Crippen LogP contribution in [-0.4, -0.2) is 29.1 Å². The topological polar surface area (TPSA) is 55.4 Å². The Labute approximate surface area is 162 Å². The highest BCUT2D eigenvalue weighted by atomic mass is 32.2. The van der Waals surface area contributed by atoms with Crippen LogP contribution in [0.3, 0.4) is 0 Å². The van der Waals surface area contributed by atoms with Gasteiger partial charge in [-0.3, -0.25) is 0 Å². The van der Waals surface area contributed by atoms with Crippen LogP contribution in [0.1, 0.15) is 63.0 Å². The molecule has 2 unspecified atom stereocenters. The Bertz CT molecular complexity index is 615. The van der Waals surface area contributed by atoms with Gasteiger partial charge in [0.05, 0.1) is 27.4 Å². The van der Waals surface area contributed by atoms with Crippen LogP contribution in [-0.2, 0) is 15.7 Å². The van der Waals surface area contributed by atoms with Crippen LogP contribution in [0.4, 0.5) is 0 Å². The molecule has 0 aliphatic heterocycles. The van der Waals surface area contributed by atoms with Gasteiger partial charge in [0.15, 0.2) is 0 Å². The highest BCUT2D eigenvalue weighted by molar-refractivity contribution is 7.84. The Balaban J connectivity index is 2.98. The third kappa shape index (κ3) is 8.14. The van der Waals surface area contributed by atoms with Crippen molar-refractivity contribution in [3.05, 3.63) is 35.4 Å². The van der Waals surface area contributed by atoms with Crippen molar-refractivity contribution in [1.29, 1.82) is 0 Å². The van der Waals surface area contributed by atoms with Crippen LogP contribution in [0.15, 0.2) is 24.3 Å². The van der Waals surface area contributed by atoms with E-state index in [1.165, 1.54) is 0 Å². The minimum atomic E-state index is -1.21. The first-order chi connectivity index (χ1) is 11.8. The van der Waals surface area contributed by atoms with Crippen molar-refractivity contribution < 1.29 is 13.7 Å². The normalized spacial score (nSPS) is 15.0. The first kappa shape index (κ1) is 23.1. The summed E-state index contributed by atoms with van der Waals surface area (Å²) in [5.74, 6) is -0.309. The first-order valence-corrected chi connectivity index (χ1v) is 14.1. The van der Waals surface area contributed by atoms with Crippen molar-refractivity contribution in [3.8, 4) is 0 Å². The Morgan fingerprint density at radius 3 is 2.12 bits per heavy atom. The Kier molecular flexibility index (Phi) is 8.23. The highest BCUT2D eigenvalue weighted by Crippen LogP contribution is 2.26. The molecule has 0 spiro atoms. The van der Waals surface area contributed by atoms with E-state index >= 15 is 0 Å². The lowest BCUT2D eigenvalue weighted by molar-refractivity contribution is 0.0378. The zero-order valence-corrected chi connectivity index (χ0v) is 19.3.